The van der Waals surface area contributed by atoms with Crippen molar-refractivity contribution >= 4 is 17.5 Å². The van der Waals surface area contributed by atoms with Crippen LogP contribution in [0, 0.1) is 0 Å². The van der Waals surface area contributed by atoms with Gasteiger partial charge < -0.3 is 14.5 Å². The standard InChI is InChI=1S/C20H22ClN3O3/c1-3-14-5-7-15(8-6-14)26-13-16-9-10-19(27-16)20(25)22-11-18-17(21)12-24(4-2)23-18/h5-10,12H,3-4,11,13H2,1-2H3,(H,22,25). The van der Waals surface area contributed by atoms with E-state index >= 15 is 0 Å². The van der Waals surface area contributed by atoms with Gasteiger partial charge in [-0.25, -0.2) is 0 Å². The van der Waals surface area contributed by atoms with Crippen LogP contribution >= 0.6 is 11.6 Å². The van der Waals surface area contributed by atoms with Gasteiger partial charge in [-0.3, -0.25) is 9.48 Å². The molecule has 6 nitrogen and oxygen atoms in total. The number of hydrogen-bond acceptors (Lipinski definition) is 4. The lowest BCUT2D eigenvalue weighted by Crippen LogP contribution is -2.22. The maximum Gasteiger partial charge on any atom is 0.287 e. The molecule has 0 saturated carbocycles. The minimum absolute atomic E-state index is 0.223. The summed E-state index contributed by atoms with van der Waals surface area (Å²) in [5, 5.41) is 7.58. The topological polar surface area (TPSA) is 69.3 Å². The molecule has 3 aromatic rings. The maximum absolute atomic E-state index is 12.2. The number of halogens is 1. The van der Waals surface area contributed by atoms with Crippen molar-refractivity contribution in [2.24, 2.45) is 0 Å². The molecule has 1 N–H and O–H groups in total. The van der Waals surface area contributed by atoms with Crippen LogP contribution in [-0.2, 0) is 26.1 Å². The maximum atomic E-state index is 12.2. The molecule has 3 rings (SSSR count). The van der Waals surface area contributed by atoms with Crippen molar-refractivity contribution in [2.75, 3.05) is 0 Å². The molecule has 1 amide bonds. The first-order valence-corrected chi connectivity index (χ1v) is 9.27. The lowest BCUT2D eigenvalue weighted by molar-refractivity contribution is 0.0918. The summed E-state index contributed by atoms with van der Waals surface area (Å²) in [6.45, 7) is 5.29. The second kappa shape index (κ2) is 8.77. The number of ether oxygens (including phenoxy) is 1. The average Bonchev–Trinajstić information content (AvgIpc) is 3.31. The van der Waals surface area contributed by atoms with Crippen LogP contribution in [0.1, 0.15) is 41.4 Å². The SMILES string of the molecule is CCc1ccc(OCc2ccc(C(=O)NCc3nn(CC)cc3Cl)o2)cc1. The average molecular weight is 388 g/mol. The molecule has 0 saturated heterocycles. The number of hydrogen-bond donors (Lipinski definition) is 1. The zero-order valence-electron chi connectivity index (χ0n) is 15.4. The van der Waals surface area contributed by atoms with E-state index < -0.39 is 0 Å². The van der Waals surface area contributed by atoms with E-state index in [-0.39, 0.29) is 24.8 Å². The highest BCUT2D eigenvalue weighted by Gasteiger charge is 2.13. The minimum atomic E-state index is -0.323. The van der Waals surface area contributed by atoms with Crippen LogP contribution in [0.25, 0.3) is 0 Å². The van der Waals surface area contributed by atoms with Crippen molar-refractivity contribution < 1.29 is 13.9 Å². The van der Waals surface area contributed by atoms with Crippen LogP contribution in [-0.4, -0.2) is 15.7 Å². The lowest BCUT2D eigenvalue weighted by Gasteiger charge is -2.05. The number of amides is 1. The third-order valence-corrected chi connectivity index (χ3v) is 4.44. The third kappa shape index (κ3) is 4.92. The van der Waals surface area contributed by atoms with Gasteiger partial charge in [0.05, 0.1) is 11.6 Å². The molecule has 0 spiro atoms. The second-order valence-corrected chi connectivity index (χ2v) is 6.42. The van der Waals surface area contributed by atoms with Gasteiger partial charge in [0.1, 0.15) is 23.8 Å². The number of nitrogens with one attached hydrogen (secondary N) is 1. The Bertz CT molecular complexity index is 900. The highest BCUT2D eigenvalue weighted by atomic mass is 35.5. The van der Waals surface area contributed by atoms with Gasteiger partial charge in [-0.1, -0.05) is 30.7 Å². The molecule has 0 aliphatic rings. The first kappa shape index (κ1) is 19.0. The number of benzene rings is 1. The van der Waals surface area contributed by atoms with E-state index in [0.717, 1.165) is 18.7 Å². The van der Waals surface area contributed by atoms with Crippen LogP contribution in [0.4, 0.5) is 0 Å². The number of nitrogens with zero attached hydrogens (tertiary/aromatic N) is 2. The van der Waals surface area contributed by atoms with E-state index in [2.05, 4.69) is 17.3 Å². The fourth-order valence-electron chi connectivity index (χ4n) is 2.52. The fourth-order valence-corrected chi connectivity index (χ4v) is 2.74. The molecule has 142 valence electrons. The number of carbonyl (C=O) groups is 1. The fraction of sp³-hybridized carbons (Fsp3) is 0.300. The Labute approximate surface area is 163 Å². The van der Waals surface area contributed by atoms with Crippen molar-refractivity contribution in [3.05, 3.63) is 70.4 Å². The number of aryl methyl sites for hydroxylation is 2. The van der Waals surface area contributed by atoms with Crippen LogP contribution in [0.2, 0.25) is 5.02 Å². The van der Waals surface area contributed by atoms with Gasteiger partial charge in [0.25, 0.3) is 5.91 Å². The molecule has 0 bridgehead atoms. The lowest BCUT2D eigenvalue weighted by atomic mass is 10.2. The van der Waals surface area contributed by atoms with Gasteiger partial charge in [0.15, 0.2) is 5.76 Å². The molecule has 2 aromatic heterocycles. The first-order valence-electron chi connectivity index (χ1n) is 8.89. The van der Waals surface area contributed by atoms with Gasteiger partial charge in [-0.15, -0.1) is 0 Å². The summed E-state index contributed by atoms with van der Waals surface area (Å²) in [6.07, 6.45) is 2.72. The van der Waals surface area contributed by atoms with Crippen LogP contribution < -0.4 is 10.1 Å². The summed E-state index contributed by atoms with van der Waals surface area (Å²) in [5.74, 6) is 1.24. The summed E-state index contributed by atoms with van der Waals surface area (Å²) >= 11 is 6.10. The molecular weight excluding hydrogens is 366 g/mol. The van der Waals surface area contributed by atoms with E-state index in [9.17, 15) is 4.79 Å². The van der Waals surface area contributed by atoms with Crippen LogP contribution in [0.15, 0.2) is 47.0 Å². The van der Waals surface area contributed by atoms with E-state index in [1.165, 1.54) is 5.56 Å². The van der Waals surface area contributed by atoms with E-state index in [1.807, 2.05) is 31.2 Å². The van der Waals surface area contributed by atoms with E-state index in [1.54, 1.807) is 23.0 Å². The molecule has 2 heterocycles. The number of carbonyl (C=O) groups excluding carboxylic acids is 1. The van der Waals surface area contributed by atoms with E-state index in [0.29, 0.717) is 16.5 Å². The van der Waals surface area contributed by atoms with E-state index in [4.69, 9.17) is 20.8 Å². The van der Waals surface area contributed by atoms with Gasteiger partial charge in [0, 0.05) is 12.7 Å². The summed E-state index contributed by atoms with van der Waals surface area (Å²) in [6, 6.07) is 11.3. The molecule has 0 radical (unpaired) electrons. The predicted molar refractivity (Wildman–Crippen MR) is 103 cm³/mol. The Morgan fingerprint density at radius 1 is 1.22 bits per heavy atom. The van der Waals surface area contributed by atoms with Crippen molar-refractivity contribution in [1.29, 1.82) is 0 Å². The molecule has 0 fully saturated rings. The summed E-state index contributed by atoms with van der Waals surface area (Å²) in [5.41, 5.74) is 1.88. The molecule has 0 aliphatic carbocycles. The normalized spacial score (nSPS) is 10.8. The molecule has 0 unspecified atom stereocenters. The van der Waals surface area contributed by atoms with Crippen molar-refractivity contribution in [1.82, 2.24) is 15.1 Å². The number of aromatic nitrogens is 2. The van der Waals surface area contributed by atoms with Crippen molar-refractivity contribution in [2.45, 2.75) is 40.0 Å². The van der Waals surface area contributed by atoms with Gasteiger partial charge in [-0.05, 0) is 43.2 Å². The second-order valence-electron chi connectivity index (χ2n) is 6.01. The quantitative estimate of drug-likeness (QED) is 0.628. The number of furan rings is 1. The predicted octanol–water partition coefficient (Wildman–Crippen LogP) is 4.22. The Morgan fingerprint density at radius 2 is 2.00 bits per heavy atom. The molecule has 0 atom stereocenters. The molecule has 7 heteroatoms. The Morgan fingerprint density at radius 3 is 2.67 bits per heavy atom. The third-order valence-electron chi connectivity index (χ3n) is 4.13. The Balaban J connectivity index is 1.52. The Hall–Kier alpha value is -2.73. The summed E-state index contributed by atoms with van der Waals surface area (Å²) in [4.78, 5) is 12.2. The molecule has 27 heavy (non-hydrogen) atoms. The van der Waals surface area contributed by atoms with Crippen LogP contribution in [0.5, 0.6) is 5.75 Å². The largest absolute Gasteiger partial charge is 0.486 e. The monoisotopic (exact) mass is 387 g/mol. The minimum Gasteiger partial charge on any atom is -0.486 e. The van der Waals surface area contributed by atoms with Crippen molar-refractivity contribution in [3.8, 4) is 5.75 Å². The zero-order chi connectivity index (χ0) is 19.2. The van der Waals surface area contributed by atoms with Crippen molar-refractivity contribution in [3.63, 3.8) is 0 Å². The first-order chi connectivity index (χ1) is 13.1. The smallest absolute Gasteiger partial charge is 0.287 e. The highest BCUT2D eigenvalue weighted by Crippen LogP contribution is 2.17. The van der Waals surface area contributed by atoms with Gasteiger partial charge in [-0.2, -0.15) is 5.10 Å². The summed E-state index contributed by atoms with van der Waals surface area (Å²) in [7, 11) is 0. The highest BCUT2D eigenvalue weighted by molar-refractivity contribution is 6.31. The zero-order valence-corrected chi connectivity index (χ0v) is 16.1. The molecule has 1 aromatic carbocycles. The van der Waals surface area contributed by atoms with Gasteiger partial charge >= 0.3 is 0 Å². The Kier molecular flexibility index (Phi) is 6.19. The summed E-state index contributed by atoms with van der Waals surface area (Å²) < 4.78 is 13.0. The molecule has 0 aliphatic heterocycles. The molecular formula is C20H22ClN3O3. The van der Waals surface area contributed by atoms with Crippen LogP contribution in [0.3, 0.4) is 0 Å². The number of rotatable bonds is 8. The van der Waals surface area contributed by atoms with Gasteiger partial charge in [0.2, 0.25) is 0 Å².